The van der Waals surface area contributed by atoms with E-state index in [4.69, 9.17) is 4.74 Å². The van der Waals surface area contributed by atoms with E-state index in [2.05, 4.69) is 41.4 Å². The van der Waals surface area contributed by atoms with Crippen LogP contribution in [0.15, 0.2) is 54.7 Å². The molecular weight excluding hydrogens is 417 g/mol. The highest BCUT2D eigenvalue weighted by molar-refractivity contribution is 5.67. The van der Waals surface area contributed by atoms with Gasteiger partial charge in [0, 0.05) is 11.9 Å². The standard InChI is InChI=1S/C24H27F3N4O/c1-5-14-32-20-9-7-6-8-19(20)30-21-18(24(25,26)27)15-28-22(31-21)29-17-12-10-16(11-13-17)23(2,3)4/h6-13,15H,5,14H2,1-4H3,(H2,28,29,30,31). The van der Waals surface area contributed by atoms with E-state index >= 15 is 0 Å². The summed E-state index contributed by atoms with van der Waals surface area (Å²) < 4.78 is 46.4. The normalized spacial score (nSPS) is 11.8. The molecule has 0 amide bonds. The topological polar surface area (TPSA) is 59.1 Å². The van der Waals surface area contributed by atoms with Crippen molar-refractivity contribution in [3.05, 3.63) is 65.9 Å². The first kappa shape index (κ1) is 23.4. The largest absolute Gasteiger partial charge is 0.491 e. The van der Waals surface area contributed by atoms with E-state index in [0.29, 0.717) is 23.7 Å². The number of rotatable bonds is 7. The Hall–Kier alpha value is -3.29. The van der Waals surface area contributed by atoms with Crippen LogP contribution in [0.2, 0.25) is 0 Å². The lowest BCUT2D eigenvalue weighted by molar-refractivity contribution is -0.137. The Balaban J connectivity index is 1.91. The van der Waals surface area contributed by atoms with Gasteiger partial charge in [-0.1, -0.05) is 52.0 Å². The quantitative estimate of drug-likeness (QED) is 0.408. The smallest absolute Gasteiger partial charge is 0.421 e. The molecule has 3 rings (SSSR count). The highest BCUT2D eigenvalue weighted by Crippen LogP contribution is 2.37. The first-order valence-corrected chi connectivity index (χ1v) is 10.4. The first-order valence-electron chi connectivity index (χ1n) is 10.4. The lowest BCUT2D eigenvalue weighted by Gasteiger charge is -2.19. The van der Waals surface area contributed by atoms with Gasteiger partial charge in [0.1, 0.15) is 17.1 Å². The Morgan fingerprint density at radius 3 is 2.25 bits per heavy atom. The van der Waals surface area contributed by atoms with Gasteiger partial charge in [0.25, 0.3) is 0 Å². The van der Waals surface area contributed by atoms with Crippen molar-refractivity contribution in [3.8, 4) is 5.75 Å². The molecule has 5 nitrogen and oxygen atoms in total. The minimum Gasteiger partial charge on any atom is -0.491 e. The van der Waals surface area contributed by atoms with Crippen molar-refractivity contribution < 1.29 is 17.9 Å². The SMILES string of the molecule is CCCOc1ccccc1Nc1nc(Nc2ccc(C(C)(C)C)cc2)ncc1C(F)(F)F. The molecular formula is C24H27F3N4O. The minimum absolute atomic E-state index is 0.00624. The summed E-state index contributed by atoms with van der Waals surface area (Å²) in [5.74, 6) is 0.151. The van der Waals surface area contributed by atoms with Crippen LogP contribution in [0.25, 0.3) is 0 Å². The molecule has 0 saturated heterocycles. The molecule has 8 heteroatoms. The Morgan fingerprint density at radius 2 is 1.62 bits per heavy atom. The number of para-hydroxylation sites is 2. The summed E-state index contributed by atoms with van der Waals surface area (Å²) in [4.78, 5) is 7.99. The van der Waals surface area contributed by atoms with Crippen LogP contribution in [0.4, 0.5) is 36.3 Å². The number of benzene rings is 2. The molecule has 0 fully saturated rings. The Morgan fingerprint density at radius 1 is 0.938 bits per heavy atom. The molecule has 170 valence electrons. The third-order valence-electron chi connectivity index (χ3n) is 4.70. The number of aromatic nitrogens is 2. The number of ether oxygens (including phenoxy) is 1. The fourth-order valence-corrected chi connectivity index (χ4v) is 2.96. The van der Waals surface area contributed by atoms with Crippen LogP contribution in [0.3, 0.4) is 0 Å². The van der Waals surface area contributed by atoms with E-state index in [0.717, 1.165) is 18.2 Å². The maximum absolute atomic E-state index is 13.6. The fourth-order valence-electron chi connectivity index (χ4n) is 2.96. The number of nitrogens with zero attached hydrogens (tertiary/aromatic N) is 2. The van der Waals surface area contributed by atoms with Gasteiger partial charge in [-0.05, 0) is 41.7 Å². The zero-order valence-corrected chi connectivity index (χ0v) is 18.5. The molecule has 0 bridgehead atoms. The molecule has 2 aromatic carbocycles. The predicted molar refractivity (Wildman–Crippen MR) is 121 cm³/mol. The van der Waals surface area contributed by atoms with Crippen LogP contribution in [-0.4, -0.2) is 16.6 Å². The molecule has 2 N–H and O–H groups in total. The summed E-state index contributed by atoms with van der Waals surface area (Å²) in [6.45, 7) is 8.72. The van der Waals surface area contributed by atoms with Crippen molar-refractivity contribution in [1.29, 1.82) is 0 Å². The van der Waals surface area contributed by atoms with Crippen molar-refractivity contribution in [2.75, 3.05) is 17.2 Å². The number of anilines is 4. The van der Waals surface area contributed by atoms with E-state index in [-0.39, 0.29) is 17.2 Å². The van der Waals surface area contributed by atoms with E-state index in [1.165, 1.54) is 0 Å². The molecule has 0 aliphatic carbocycles. The average Bonchev–Trinajstić information content (AvgIpc) is 2.72. The van der Waals surface area contributed by atoms with Crippen molar-refractivity contribution in [1.82, 2.24) is 9.97 Å². The average molecular weight is 445 g/mol. The van der Waals surface area contributed by atoms with Crippen molar-refractivity contribution >= 4 is 23.1 Å². The van der Waals surface area contributed by atoms with Gasteiger partial charge in [-0.25, -0.2) is 4.98 Å². The maximum Gasteiger partial charge on any atom is 0.421 e. The highest BCUT2D eigenvalue weighted by Gasteiger charge is 2.35. The second-order valence-corrected chi connectivity index (χ2v) is 8.38. The molecule has 0 unspecified atom stereocenters. The van der Waals surface area contributed by atoms with E-state index in [9.17, 15) is 13.2 Å². The molecule has 0 aliphatic rings. The van der Waals surface area contributed by atoms with E-state index < -0.39 is 11.7 Å². The highest BCUT2D eigenvalue weighted by atomic mass is 19.4. The zero-order valence-electron chi connectivity index (χ0n) is 18.5. The summed E-state index contributed by atoms with van der Waals surface area (Å²) in [6, 6.07) is 14.4. The summed E-state index contributed by atoms with van der Waals surface area (Å²) >= 11 is 0. The lowest BCUT2D eigenvalue weighted by Crippen LogP contribution is -2.13. The number of nitrogens with one attached hydrogen (secondary N) is 2. The molecule has 0 spiro atoms. The Kier molecular flexibility index (Phi) is 6.91. The molecule has 0 atom stereocenters. The zero-order chi connectivity index (χ0) is 23.4. The van der Waals surface area contributed by atoms with Gasteiger partial charge in [-0.15, -0.1) is 0 Å². The van der Waals surface area contributed by atoms with Gasteiger partial charge in [0.15, 0.2) is 0 Å². The second kappa shape index (κ2) is 9.46. The van der Waals surface area contributed by atoms with Crippen LogP contribution in [0.1, 0.15) is 45.2 Å². The number of hydrogen-bond acceptors (Lipinski definition) is 5. The van der Waals surface area contributed by atoms with Crippen molar-refractivity contribution in [3.63, 3.8) is 0 Å². The fraction of sp³-hybridized carbons (Fsp3) is 0.333. The Labute approximate surface area is 186 Å². The van der Waals surface area contributed by atoms with Crippen LogP contribution >= 0.6 is 0 Å². The minimum atomic E-state index is -4.62. The van der Waals surface area contributed by atoms with Crippen LogP contribution in [-0.2, 0) is 11.6 Å². The van der Waals surface area contributed by atoms with Gasteiger partial charge in [0.2, 0.25) is 5.95 Å². The third-order valence-corrected chi connectivity index (χ3v) is 4.70. The summed E-state index contributed by atoms with van der Waals surface area (Å²) in [5, 5.41) is 5.75. The van der Waals surface area contributed by atoms with Crippen LogP contribution in [0, 0.1) is 0 Å². The molecule has 32 heavy (non-hydrogen) atoms. The molecule has 0 aliphatic heterocycles. The van der Waals surface area contributed by atoms with Crippen LogP contribution < -0.4 is 15.4 Å². The number of halogens is 3. The maximum atomic E-state index is 13.6. The van der Waals surface area contributed by atoms with Crippen LogP contribution in [0.5, 0.6) is 5.75 Å². The predicted octanol–water partition coefficient (Wildman–Crippen LogP) is 7.07. The molecule has 3 aromatic rings. The summed E-state index contributed by atoms with van der Waals surface area (Å²) in [5.41, 5.74) is 1.24. The Bertz CT molecular complexity index is 1040. The molecule has 1 heterocycles. The van der Waals surface area contributed by atoms with Crippen molar-refractivity contribution in [2.45, 2.75) is 45.7 Å². The van der Waals surface area contributed by atoms with Gasteiger partial charge in [-0.2, -0.15) is 18.2 Å². The first-order chi connectivity index (χ1) is 15.1. The number of alkyl halides is 3. The molecule has 0 saturated carbocycles. The van der Waals surface area contributed by atoms with Gasteiger partial charge >= 0.3 is 6.18 Å². The second-order valence-electron chi connectivity index (χ2n) is 8.38. The van der Waals surface area contributed by atoms with Gasteiger partial charge < -0.3 is 15.4 Å². The van der Waals surface area contributed by atoms with Gasteiger partial charge in [0.05, 0.1) is 12.3 Å². The summed E-state index contributed by atoms with van der Waals surface area (Å²) in [7, 11) is 0. The van der Waals surface area contributed by atoms with Crippen molar-refractivity contribution in [2.24, 2.45) is 0 Å². The summed E-state index contributed by atoms with van der Waals surface area (Å²) in [6.07, 6.45) is -3.07. The number of hydrogen-bond donors (Lipinski definition) is 2. The monoisotopic (exact) mass is 444 g/mol. The van der Waals surface area contributed by atoms with Gasteiger partial charge in [-0.3, -0.25) is 0 Å². The third kappa shape index (κ3) is 5.90. The molecule has 0 radical (unpaired) electrons. The van der Waals surface area contributed by atoms with E-state index in [1.54, 1.807) is 24.3 Å². The molecule has 1 aromatic heterocycles. The lowest BCUT2D eigenvalue weighted by atomic mass is 9.87. The van der Waals surface area contributed by atoms with E-state index in [1.807, 2.05) is 31.2 Å².